The molecule has 0 N–H and O–H groups in total. The van der Waals surface area contributed by atoms with Crippen molar-refractivity contribution in [1.29, 1.82) is 0 Å². The van der Waals surface area contributed by atoms with Crippen molar-refractivity contribution < 1.29 is 23.8 Å². The minimum Gasteiger partial charge on any atom is -0.488 e. The van der Waals surface area contributed by atoms with E-state index in [4.69, 9.17) is 9.47 Å². The Bertz CT molecular complexity index is 678. The molecule has 0 atom stereocenters. The van der Waals surface area contributed by atoms with E-state index in [9.17, 15) is 9.59 Å². The van der Waals surface area contributed by atoms with Crippen molar-refractivity contribution in [1.82, 2.24) is 0 Å². The second-order valence-corrected chi connectivity index (χ2v) is 4.54. The molecule has 0 aliphatic carbocycles. The highest BCUT2D eigenvalue weighted by molar-refractivity contribution is 6.30. The van der Waals surface area contributed by atoms with E-state index in [1.165, 1.54) is 0 Å². The first kappa shape index (κ1) is 15.6. The lowest BCUT2D eigenvalue weighted by Crippen LogP contribution is -2.22. The van der Waals surface area contributed by atoms with Gasteiger partial charge in [0.1, 0.15) is 18.1 Å². The largest absolute Gasteiger partial charge is 0.488 e. The minimum atomic E-state index is -1.06. The summed E-state index contributed by atoms with van der Waals surface area (Å²) in [7, 11) is 1.12. The van der Waals surface area contributed by atoms with Gasteiger partial charge in [0.15, 0.2) is 0 Å². The van der Waals surface area contributed by atoms with Gasteiger partial charge in [-0.05, 0) is 24.6 Å². The first-order chi connectivity index (χ1) is 10.6. The molecule has 0 unspecified atom stereocenters. The van der Waals surface area contributed by atoms with Crippen LogP contribution in [-0.2, 0) is 20.9 Å². The summed E-state index contributed by atoms with van der Waals surface area (Å²) in [6.45, 7) is 2.16. The quantitative estimate of drug-likeness (QED) is 0.493. The Morgan fingerprint density at radius 1 is 0.909 bits per heavy atom. The maximum absolute atomic E-state index is 11.5. The molecular weight excluding hydrogens is 284 g/mol. The zero-order valence-corrected chi connectivity index (χ0v) is 12.4. The standard InChI is InChI=1S/C17H16O5/c1-12-7-3-5-9-14(12)21-11-13-8-4-6-10-15(13)22-17(19)16(18)20-2/h3-10H,11H2,1-2H3. The van der Waals surface area contributed by atoms with Crippen molar-refractivity contribution in [3.05, 3.63) is 59.7 Å². The maximum Gasteiger partial charge on any atom is 0.422 e. The zero-order valence-electron chi connectivity index (χ0n) is 12.4. The lowest BCUT2D eigenvalue weighted by molar-refractivity contribution is -0.160. The van der Waals surface area contributed by atoms with Crippen molar-refractivity contribution in [2.75, 3.05) is 7.11 Å². The summed E-state index contributed by atoms with van der Waals surface area (Å²) in [6, 6.07) is 14.5. The van der Waals surface area contributed by atoms with Crippen molar-refractivity contribution in [2.24, 2.45) is 0 Å². The van der Waals surface area contributed by atoms with Crippen LogP contribution in [0, 0.1) is 6.92 Å². The molecule has 0 saturated carbocycles. The number of carbonyl (C=O) groups is 2. The van der Waals surface area contributed by atoms with Gasteiger partial charge in [0.25, 0.3) is 0 Å². The summed E-state index contributed by atoms with van der Waals surface area (Å²) in [5.74, 6) is -1.09. The van der Waals surface area contributed by atoms with E-state index in [0.29, 0.717) is 5.56 Å². The predicted molar refractivity (Wildman–Crippen MR) is 79.6 cm³/mol. The van der Waals surface area contributed by atoms with Gasteiger partial charge in [-0.3, -0.25) is 0 Å². The minimum absolute atomic E-state index is 0.218. The van der Waals surface area contributed by atoms with Gasteiger partial charge >= 0.3 is 11.9 Å². The van der Waals surface area contributed by atoms with E-state index in [-0.39, 0.29) is 12.4 Å². The number of hydrogen-bond acceptors (Lipinski definition) is 5. The molecule has 114 valence electrons. The number of para-hydroxylation sites is 2. The van der Waals surface area contributed by atoms with Gasteiger partial charge in [-0.25, -0.2) is 9.59 Å². The zero-order chi connectivity index (χ0) is 15.9. The molecule has 0 aromatic heterocycles. The Morgan fingerprint density at radius 3 is 2.23 bits per heavy atom. The number of ether oxygens (including phenoxy) is 3. The topological polar surface area (TPSA) is 61.8 Å². The van der Waals surface area contributed by atoms with E-state index in [2.05, 4.69) is 4.74 Å². The van der Waals surface area contributed by atoms with E-state index < -0.39 is 11.9 Å². The number of methoxy groups -OCH3 is 1. The summed E-state index contributed by atoms with van der Waals surface area (Å²) < 4.78 is 15.1. The molecule has 0 bridgehead atoms. The van der Waals surface area contributed by atoms with Crippen LogP contribution in [0.4, 0.5) is 0 Å². The number of benzene rings is 2. The lowest BCUT2D eigenvalue weighted by atomic mass is 10.2. The number of carbonyl (C=O) groups excluding carboxylic acids is 2. The van der Waals surface area contributed by atoms with Gasteiger partial charge in [-0.15, -0.1) is 0 Å². The molecule has 0 fully saturated rings. The molecule has 0 amide bonds. The van der Waals surface area contributed by atoms with Crippen molar-refractivity contribution in [3.63, 3.8) is 0 Å². The first-order valence-electron chi connectivity index (χ1n) is 6.68. The van der Waals surface area contributed by atoms with Crippen LogP contribution < -0.4 is 9.47 Å². The van der Waals surface area contributed by atoms with Crippen LogP contribution in [0.5, 0.6) is 11.5 Å². The summed E-state index contributed by atoms with van der Waals surface area (Å²) in [5.41, 5.74) is 1.66. The van der Waals surface area contributed by atoms with Crippen LogP contribution in [0.25, 0.3) is 0 Å². The van der Waals surface area contributed by atoms with Gasteiger partial charge in [0.2, 0.25) is 0 Å². The van der Waals surface area contributed by atoms with Crippen LogP contribution in [0.2, 0.25) is 0 Å². The number of rotatable bonds is 4. The Hall–Kier alpha value is -2.82. The van der Waals surface area contributed by atoms with E-state index in [1.807, 2.05) is 31.2 Å². The molecule has 0 spiro atoms. The molecule has 0 heterocycles. The summed E-state index contributed by atoms with van der Waals surface area (Å²) in [4.78, 5) is 22.6. The van der Waals surface area contributed by atoms with Gasteiger partial charge in [0.05, 0.1) is 7.11 Å². The highest BCUT2D eigenvalue weighted by Crippen LogP contribution is 2.22. The second-order valence-electron chi connectivity index (χ2n) is 4.54. The Morgan fingerprint density at radius 2 is 1.55 bits per heavy atom. The Kier molecular flexibility index (Phi) is 5.14. The van der Waals surface area contributed by atoms with Crippen molar-refractivity contribution in [3.8, 4) is 11.5 Å². The molecule has 0 aliphatic heterocycles. The van der Waals surface area contributed by atoms with E-state index in [1.54, 1.807) is 24.3 Å². The molecule has 22 heavy (non-hydrogen) atoms. The Balaban J connectivity index is 2.10. The summed E-state index contributed by atoms with van der Waals surface area (Å²) in [6.07, 6.45) is 0. The van der Waals surface area contributed by atoms with Crippen LogP contribution in [0.1, 0.15) is 11.1 Å². The molecule has 2 rings (SSSR count). The van der Waals surface area contributed by atoms with Gasteiger partial charge < -0.3 is 14.2 Å². The summed E-state index contributed by atoms with van der Waals surface area (Å²) in [5, 5.41) is 0. The van der Waals surface area contributed by atoms with Crippen molar-refractivity contribution in [2.45, 2.75) is 13.5 Å². The van der Waals surface area contributed by atoms with Gasteiger partial charge in [0, 0.05) is 5.56 Å². The fraction of sp³-hybridized carbons (Fsp3) is 0.176. The SMILES string of the molecule is COC(=O)C(=O)Oc1ccccc1COc1ccccc1C. The fourth-order valence-corrected chi connectivity index (χ4v) is 1.82. The molecule has 5 nitrogen and oxygen atoms in total. The molecule has 2 aromatic rings. The van der Waals surface area contributed by atoms with E-state index >= 15 is 0 Å². The number of hydrogen-bond donors (Lipinski definition) is 0. The van der Waals surface area contributed by atoms with Crippen LogP contribution in [0.3, 0.4) is 0 Å². The van der Waals surface area contributed by atoms with Gasteiger partial charge in [-0.1, -0.05) is 36.4 Å². The fourth-order valence-electron chi connectivity index (χ4n) is 1.82. The van der Waals surface area contributed by atoms with E-state index in [0.717, 1.165) is 18.4 Å². The third-order valence-electron chi connectivity index (χ3n) is 3.00. The molecule has 5 heteroatoms. The number of aryl methyl sites for hydroxylation is 1. The van der Waals surface area contributed by atoms with Gasteiger partial charge in [-0.2, -0.15) is 0 Å². The molecule has 0 saturated heterocycles. The molecule has 0 radical (unpaired) electrons. The summed E-state index contributed by atoms with van der Waals surface area (Å²) >= 11 is 0. The average molecular weight is 300 g/mol. The third kappa shape index (κ3) is 3.85. The second kappa shape index (κ2) is 7.26. The van der Waals surface area contributed by atoms with Crippen LogP contribution in [0.15, 0.2) is 48.5 Å². The van der Waals surface area contributed by atoms with Crippen molar-refractivity contribution >= 4 is 11.9 Å². The molecule has 2 aromatic carbocycles. The van der Waals surface area contributed by atoms with Crippen LogP contribution >= 0.6 is 0 Å². The maximum atomic E-state index is 11.5. The lowest BCUT2D eigenvalue weighted by Gasteiger charge is -2.12. The monoisotopic (exact) mass is 300 g/mol. The molecular formula is C17H16O5. The average Bonchev–Trinajstić information content (AvgIpc) is 2.54. The molecule has 0 aliphatic rings. The first-order valence-corrected chi connectivity index (χ1v) is 6.68. The smallest absolute Gasteiger partial charge is 0.422 e. The predicted octanol–water partition coefficient (Wildman–Crippen LogP) is 2.65. The number of esters is 2. The Labute approximate surface area is 128 Å². The highest BCUT2D eigenvalue weighted by Gasteiger charge is 2.18. The van der Waals surface area contributed by atoms with Crippen LogP contribution in [-0.4, -0.2) is 19.0 Å². The normalized spacial score (nSPS) is 9.91. The highest BCUT2D eigenvalue weighted by atomic mass is 16.6. The third-order valence-corrected chi connectivity index (χ3v) is 3.00.